The maximum atomic E-state index is 13.5. The van der Waals surface area contributed by atoms with Crippen molar-refractivity contribution in [2.75, 3.05) is 5.32 Å². The van der Waals surface area contributed by atoms with Gasteiger partial charge in [-0.2, -0.15) is 0 Å². The van der Waals surface area contributed by atoms with Crippen molar-refractivity contribution in [2.24, 2.45) is 0 Å². The summed E-state index contributed by atoms with van der Waals surface area (Å²) < 4.78 is 18.7. The molecule has 1 aromatic heterocycles. The average molecular weight is 283 g/mol. The quantitative estimate of drug-likeness (QED) is 0.791. The molecule has 21 heavy (non-hydrogen) atoms. The smallest absolute Gasteiger partial charge is 0.247 e. The minimum Gasteiger partial charge on any atom is -0.423 e. The summed E-state index contributed by atoms with van der Waals surface area (Å²) >= 11 is 0. The second-order valence-electron chi connectivity index (χ2n) is 4.76. The Labute approximate surface area is 121 Å². The van der Waals surface area contributed by atoms with Gasteiger partial charge < -0.3 is 9.73 Å². The molecule has 0 radical (unpaired) electrons. The van der Waals surface area contributed by atoms with Crippen LogP contribution in [0.5, 0.6) is 0 Å². The molecule has 1 heterocycles. The fourth-order valence-electron chi connectivity index (χ4n) is 2.01. The molecular formula is C16H14FN3O. The fourth-order valence-corrected chi connectivity index (χ4v) is 2.01. The molecular weight excluding hydrogens is 269 g/mol. The van der Waals surface area contributed by atoms with Crippen molar-refractivity contribution in [3.8, 4) is 11.5 Å². The van der Waals surface area contributed by atoms with Crippen molar-refractivity contribution in [1.29, 1.82) is 0 Å². The highest BCUT2D eigenvalue weighted by atomic mass is 19.1. The molecule has 0 aliphatic carbocycles. The van der Waals surface area contributed by atoms with Crippen molar-refractivity contribution in [3.05, 3.63) is 65.8 Å². The molecule has 0 atom stereocenters. The van der Waals surface area contributed by atoms with Crippen molar-refractivity contribution >= 4 is 5.69 Å². The first-order valence-corrected chi connectivity index (χ1v) is 6.58. The van der Waals surface area contributed by atoms with E-state index in [4.69, 9.17) is 4.42 Å². The number of nitrogens with zero attached hydrogens (tertiary/aromatic N) is 2. The molecule has 1 N–H and O–H groups in total. The number of benzene rings is 2. The van der Waals surface area contributed by atoms with E-state index < -0.39 is 0 Å². The third-order valence-electron chi connectivity index (χ3n) is 3.20. The van der Waals surface area contributed by atoms with Crippen LogP contribution in [-0.2, 0) is 6.54 Å². The molecule has 3 aromatic rings. The van der Waals surface area contributed by atoms with Crippen LogP contribution in [-0.4, -0.2) is 10.2 Å². The molecule has 106 valence electrons. The summed E-state index contributed by atoms with van der Waals surface area (Å²) in [6.45, 7) is 2.30. The largest absolute Gasteiger partial charge is 0.423 e. The Kier molecular flexibility index (Phi) is 3.64. The molecule has 4 nitrogen and oxygen atoms in total. The van der Waals surface area contributed by atoms with E-state index in [1.807, 2.05) is 30.3 Å². The lowest BCUT2D eigenvalue weighted by Gasteiger charge is -2.08. The van der Waals surface area contributed by atoms with Crippen LogP contribution >= 0.6 is 0 Å². The number of aromatic nitrogens is 2. The van der Waals surface area contributed by atoms with Crippen LogP contribution in [0.2, 0.25) is 0 Å². The molecule has 2 aromatic carbocycles. The van der Waals surface area contributed by atoms with Crippen LogP contribution in [0, 0.1) is 12.7 Å². The second kappa shape index (κ2) is 5.75. The van der Waals surface area contributed by atoms with E-state index >= 15 is 0 Å². The van der Waals surface area contributed by atoms with Crippen LogP contribution in [0.25, 0.3) is 11.5 Å². The molecule has 0 bridgehead atoms. The van der Waals surface area contributed by atoms with Gasteiger partial charge in [-0.1, -0.05) is 18.2 Å². The van der Waals surface area contributed by atoms with Crippen LogP contribution in [0.4, 0.5) is 10.1 Å². The highest BCUT2D eigenvalue weighted by Crippen LogP contribution is 2.21. The SMILES string of the molecule is Cc1ccc(CNc2cccc(-c3nnco3)c2)cc1F. The summed E-state index contributed by atoms with van der Waals surface area (Å²) in [5, 5.41) is 10.8. The summed E-state index contributed by atoms with van der Waals surface area (Å²) in [7, 11) is 0. The number of halogens is 1. The van der Waals surface area contributed by atoms with Gasteiger partial charge in [0.1, 0.15) is 5.82 Å². The highest BCUT2D eigenvalue weighted by Gasteiger charge is 2.04. The molecule has 3 rings (SSSR count). The predicted molar refractivity (Wildman–Crippen MR) is 78.2 cm³/mol. The summed E-state index contributed by atoms with van der Waals surface area (Å²) in [5.74, 6) is 0.286. The lowest BCUT2D eigenvalue weighted by Crippen LogP contribution is -2.00. The number of anilines is 1. The van der Waals surface area contributed by atoms with Gasteiger partial charge in [0, 0.05) is 17.8 Å². The highest BCUT2D eigenvalue weighted by molar-refractivity contribution is 5.60. The number of aryl methyl sites for hydroxylation is 1. The lowest BCUT2D eigenvalue weighted by molar-refractivity contribution is 0.568. The molecule has 0 fully saturated rings. The van der Waals surface area contributed by atoms with Crippen LogP contribution in [0.15, 0.2) is 53.3 Å². The number of rotatable bonds is 4. The Bertz CT molecular complexity index is 741. The van der Waals surface area contributed by atoms with Gasteiger partial charge in [0.25, 0.3) is 0 Å². The Morgan fingerprint density at radius 3 is 2.86 bits per heavy atom. The van der Waals surface area contributed by atoms with Gasteiger partial charge in [-0.05, 0) is 42.3 Å². The zero-order valence-corrected chi connectivity index (χ0v) is 11.5. The van der Waals surface area contributed by atoms with E-state index in [-0.39, 0.29) is 5.82 Å². The summed E-state index contributed by atoms with van der Waals surface area (Å²) in [6.07, 6.45) is 1.30. The van der Waals surface area contributed by atoms with Crippen LogP contribution in [0.3, 0.4) is 0 Å². The number of nitrogens with one attached hydrogen (secondary N) is 1. The van der Waals surface area contributed by atoms with E-state index in [1.54, 1.807) is 19.1 Å². The van der Waals surface area contributed by atoms with Gasteiger partial charge in [-0.25, -0.2) is 4.39 Å². The summed E-state index contributed by atoms with van der Waals surface area (Å²) in [4.78, 5) is 0. The molecule has 0 aliphatic rings. The second-order valence-corrected chi connectivity index (χ2v) is 4.76. The zero-order valence-electron chi connectivity index (χ0n) is 11.5. The monoisotopic (exact) mass is 283 g/mol. The molecule has 5 heteroatoms. The van der Waals surface area contributed by atoms with E-state index in [0.717, 1.165) is 16.8 Å². The minimum atomic E-state index is -0.186. The van der Waals surface area contributed by atoms with Crippen molar-refractivity contribution < 1.29 is 8.81 Å². The molecule has 0 saturated heterocycles. The molecule has 0 amide bonds. The van der Waals surface area contributed by atoms with Gasteiger partial charge in [-0.3, -0.25) is 0 Å². The van der Waals surface area contributed by atoms with Crippen molar-refractivity contribution in [1.82, 2.24) is 10.2 Å². The van der Waals surface area contributed by atoms with Gasteiger partial charge in [-0.15, -0.1) is 10.2 Å². The van der Waals surface area contributed by atoms with E-state index in [2.05, 4.69) is 15.5 Å². The first-order chi connectivity index (χ1) is 10.2. The maximum Gasteiger partial charge on any atom is 0.247 e. The topological polar surface area (TPSA) is 51.0 Å². The number of hydrogen-bond donors (Lipinski definition) is 1. The normalized spacial score (nSPS) is 10.6. The van der Waals surface area contributed by atoms with Crippen LogP contribution in [0.1, 0.15) is 11.1 Å². The van der Waals surface area contributed by atoms with Gasteiger partial charge in [0.2, 0.25) is 12.3 Å². The van der Waals surface area contributed by atoms with E-state index in [9.17, 15) is 4.39 Å². The predicted octanol–water partition coefficient (Wildman–Crippen LogP) is 3.80. The Balaban J connectivity index is 1.73. The molecule has 0 aliphatic heterocycles. The van der Waals surface area contributed by atoms with Gasteiger partial charge in [0.15, 0.2) is 0 Å². The first-order valence-electron chi connectivity index (χ1n) is 6.58. The van der Waals surface area contributed by atoms with E-state index in [1.165, 1.54) is 6.39 Å². The zero-order chi connectivity index (χ0) is 14.7. The molecule has 0 saturated carbocycles. The first kappa shape index (κ1) is 13.3. The Morgan fingerprint density at radius 2 is 2.10 bits per heavy atom. The van der Waals surface area contributed by atoms with Crippen molar-refractivity contribution in [3.63, 3.8) is 0 Å². The Hall–Kier alpha value is -2.69. The standard InChI is InChI=1S/C16H14FN3O/c1-11-5-6-12(7-15(11)17)9-18-14-4-2-3-13(8-14)16-20-19-10-21-16/h2-8,10,18H,9H2,1H3. The molecule has 0 spiro atoms. The van der Waals surface area contributed by atoms with Crippen LogP contribution < -0.4 is 5.32 Å². The average Bonchev–Trinajstić information content (AvgIpc) is 3.03. The van der Waals surface area contributed by atoms with E-state index in [0.29, 0.717) is 18.0 Å². The third kappa shape index (κ3) is 3.08. The third-order valence-corrected chi connectivity index (χ3v) is 3.20. The molecule has 0 unspecified atom stereocenters. The van der Waals surface area contributed by atoms with Crippen molar-refractivity contribution in [2.45, 2.75) is 13.5 Å². The summed E-state index contributed by atoms with van der Waals surface area (Å²) in [6, 6.07) is 12.9. The maximum absolute atomic E-state index is 13.5. The van der Waals surface area contributed by atoms with Gasteiger partial charge >= 0.3 is 0 Å². The Morgan fingerprint density at radius 1 is 1.19 bits per heavy atom. The summed E-state index contributed by atoms with van der Waals surface area (Å²) in [5.41, 5.74) is 3.29. The lowest BCUT2D eigenvalue weighted by atomic mass is 10.1. The fraction of sp³-hybridized carbons (Fsp3) is 0.125. The minimum absolute atomic E-state index is 0.186. The van der Waals surface area contributed by atoms with Gasteiger partial charge in [0.05, 0.1) is 0 Å². The number of hydrogen-bond acceptors (Lipinski definition) is 4.